The van der Waals surface area contributed by atoms with Crippen molar-refractivity contribution in [1.29, 1.82) is 0 Å². The van der Waals surface area contributed by atoms with E-state index in [0.29, 0.717) is 18.0 Å². The molecule has 2 N–H and O–H groups in total. The Bertz CT molecular complexity index is 536. The molecule has 1 aromatic carbocycles. The molecule has 19 heavy (non-hydrogen) atoms. The lowest BCUT2D eigenvalue weighted by Crippen LogP contribution is -2.09. The topological polar surface area (TPSA) is 66.0 Å². The van der Waals surface area contributed by atoms with Gasteiger partial charge in [0.05, 0.1) is 5.69 Å². The lowest BCUT2D eigenvalue weighted by Gasteiger charge is -2.10. The summed E-state index contributed by atoms with van der Waals surface area (Å²) in [6, 6.07) is 5.89. The highest BCUT2D eigenvalue weighted by Crippen LogP contribution is 2.23. The first-order chi connectivity index (χ1) is 9.24. The number of nitrogen functional groups attached to an aromatic ring is 1. The Morgan fingerprint density at radius 1 is 1.32 bits per heavy atom. The van der Waals surface area contributed by atoms with E-state index in [-0.39, 0.29) is 0 Å². The van der Waals surface area contributed by atoms with Gasteiger partial charge < -0.3 is 10.5 Å². The molecule has 0 atom stereocenters. The van der Waals surface area contributed by atoms with Crippen molar-refractivity contribution in [1.82, 2.24) is 14.8 Å². The first kappa shape index (κ1) is 13.4. The summed E-state index contributed by atoms with van der Waals surface area (Å²) in [4.78, 5) is 4.20. The normalized spacial score (nSPS) is 10.6. The zero-order valence-electron chi connectivity index (χ0n) is 11.5. The van der Waals surface area contributed by atoms with E-state index in [9.17, 15) is 0 Å². The van der Waals surface area contributed by atoms with Crippen LogP contribution in [0.25, 0.3) is 0 Å². The van der Waals surface area contributed by atoms with Gasteiger partial charge in [-0.3, -0.25) is 0 Å². The molecule has 5 heteroatoms. The quantitative estimate of drug-likeness (QED) is 0.810. The highest BCUT2D eigenvalue weighted by atomic mass is 16.5. The van der Waals surface area contributed by atoms with Crippen molar-refractivity contribution < 1.29 is 4.74 Å². The van der Waals surface area contributed by atoms with Crippen molar-refractivity contribution in [3.8, 4) is 5.75 Å². The van der Waals surface area contributed by atoms with Crippen LogP contribution >= 0.6 is 0 Å². The van der Waals surface area contributed by atoms with Crippen LogP contribution in [0.5, 0.6) is 5.75 Å². The fourth-order valence-electron chi connectivity index (χ4n) is 1.89. The number of rotatable bonds is 6. The third kappa shape index (κ3) is 3.24. The van der Waals surface area contributed by atoms with Crippen molar-refractivity contribution >= 4 is 5.69 Å². The molecule has 0 bridgehead atoms. The second-order valence-corrected chi connectivity index (χ2v) is 4.41. The fourth-order valence-corrected chi connectivity index (χ4v) is 1.89. The van der Waals surface area contributed by atoms with Gasteiger partial charge in [0.2, 0.25) is 0 Å². The van der Waals surface area contributed by atoms with Crippen LogP contribution in [0, 0.1) is 0 Å². The smallest absolute Gasteiger partial charge is 0.164 e. The summed E-state index contributed by atoms with van der Waals surface area (Å²) in [5, 5.41) is 4.16. The number of ether oxygens (including phenoxy) is 1. The van der Waals surface area contributed by atoms with E-state index >= 15 is 0 Å². The van der Waals surface area contributed by atoms with Crippen molar-refractivity contribution in [3.63, 3.8) is 0 Å². The second kappa shape index (κ2) is 6.22. The molecule has 0 aliphatic heterocycles. The van der Waals surface area contributed by atoms with Crippen molar-refractivity contribution in [2.75, 3.05) is 5.73 Å². The molecule has 2 aromatic rings. The number of hydrogen-bond donors (Lipinski definition) is 1. The second-order valence-electron chi connectivity index (χ2n) is 4.41. The van der Waals surface area contributed by atoms with Gasteiger partial charge >= 0.3 is 0 Å². The molecule has 1 heterocycles. The van der Waals surface area contributed by atoms with Crippen LogP contribution in [0.1, 0.15) is 31.7 Å². The zero-order valence-corrected chi connectivity index (χ0v) is 11.5. The van der Waals surface area contributed by atoms with Gasteiger partial charge in [-0.15, -0.1) is 0 Å². The van der Waals surface area contributed by atoms with Crippen LogP contribution in [0.15, 0.2) is 24.5 Å². The molecule has 0 aliphatic rings. The largest absolute Gasteiger partial charge is 0.483 e. The van der Waals surface area contributed by atoms with Gasteiger partial charge in [-0.1, -0.05) is 19.9 Å². The van der Waals surface area contributed by atoms with Gasteiger partial charge in [-0.2, -0.15) is 5.10 Å². The van der Waals surface area contributed by atoms with Crippen molar-refractivity contribution in [3.05, 3.63) is 35.9 Å². The van der Waals surface area contributed by atoms with Crippen LogP contribution in [-0.2, 0) is 19.6 Å². The number of anilines is 1. The molecule has 0 spiro atoms. The molecule has 0 fully saturated rings. The monoisotopic (exact) mass is 260 g/mol. The minimum atomic E-state index is 0.385. The van der Waals surface area contributed by atoms with Crippen LogP contribution in [0.2, 0.25) is 0 Å². The van der Waals surface area contributed by atoms with Gasteiger partial charge in [0.1, 0.15) is 18.7 Å². The van der Waals surface area contributed by atoms with E-state index in [0.717, 1.165) is 25.2 Å². The van der Waals surface area contributed by atoms with Gasteiger partial charge in [0.15, 0.2) is 5.82 Å². The predicted octanol–water partition coefficient (Wildman–Crippen LogP) is 2.41. The maximum absolute atomic E-state index is 5.97. The summed E-state index contributed by atoms with van der Waals surface area (Å²) < 4.78 is 7.58. The molecule has 5 nitrogen and oxygen atoms in total. The van der Waals surface area contributed by atoms with Crippen LogP contribution in [0.4, 0.5) is 5.69 Å². The molecule has 0 aliphatic carbocycles. The lowest BCUT2D eigenvalue weighted by atomic mass is 10.1. The van der Waals surface area contributed by atoms with Gasteiger partial charge in [0.25, 0.3) is 0 Å². The number of nitrogens with two attached hydrogens (primary N) is 1. The molecule has 0 saturated heterocycles. The minimum Gasteiger partial charge on any atom is -0.483 e. The molecular weight excluding hydrogens is 240 g/mol. The Balaban J connectivity index is 2.04. The van der Waals surface area contributed by atoms with Gasteiger partial charge in [-0.05, 0) is 30.5 Å². The fraction of sp³-hybridized carbons (Fsp3) is 0.429. The summed E-state index contributed by atoms with van der Waals surface area (Å²) in [6.45, 7) is 5.44. The maximum Gasteiger partial charge on any atom is 0.164 e. The first-order valence-electron chi connectivity index (χ1n) is 6.62. The van der Waals surface area contributed by atoms with Crippen LogP contribution in [-0.4, -0.2) is 14.8 Å². The number of nitrogens with zero attached hydrogens (tertiary/aromatic N) is 3. The first-order valence-corrected chi connectivity index (χ1v) is 6.62. The lowest BCUT2D eigenvalue weighted by molar-refractivity contribution is 0.287. The number of hydrogen-bond acceptors (Lipinski definition) is 4. The SMILES string of the molecule is CCCn1ncnc1COc1ccc(CC)cc1N. The highest BCUT2D eigenvalue weighted by Gasteiger charge is 2.06. The van der Waals surface area contributed by atoms with E-state index < -0.39 is 0 Å². The molecule has 0 saturated carbocycles. The van der Waals surface area contributed by atoms with Gasteiger partial charge in [0, 0.05) is 6.54 Å². The molecule has 1 aromatic heterocycles. The summed E-state index contributed by atoms with van der Waals surface area (Å²) in [5.41, 5.74) is 7.84. The van der Waals surface area contributed by atoms with E-state index in [4.69, 9.17) is 10.5 Å². The van der Waals surface area contributed by atoms with E-state index in [1.54, 1.807) is 6.33 Å². The van der Waals surface area contributed by atoms with Gasteiger partial charge in [-0.25, -0.2) is 9.67 Å². The molecule has 102 valence electrons. The van der Waals surface area contributed by atoms with Crippen LogP contribution < -0.4 is 10.5 Å². The molecule has 0 radical (unpaired) electrons. The molecular formula is C14H20N4O. The summed E-state index contributed by atoms with van der Waals surface area (Å²) >= 11 is 0. The number of aryl methyl sites for hydroxylation is 2. The van der Waals surface area contributed by atoms with Crippen molar-refractivity contribution in [2.24, 2.45) is 0 Å². The standard InChI is InChI=1S/C14H20N4O/c1-3-7-18-14(16-10-17-18)9-19-13-6-5-11(4-2)8-12(13)15/h5-6,8,10H,3-4,7,9,15H2,1-2H3. The summed E-state index contributed by atoms with van der Waals surface area (Å²) in [7, 11) is 0. The van der Waals surface area contributed by atoms with E-state index in [1.807, 2.05) is 22.9 Å². The Morgan fingerprint density at radius 3 is 2.84 bits per heavy atom. The number of benzene rings is 1. The maximum atomic E-state index is 5.97. The average Bonchev–Trinajstić information content (AvgIpc) is 2.85. The average molecular weight is 260 g/mol. The molecule has 0 unspecified atom stereocenters. The zero-order chi connectivity index (χ0) is 13.7. The highest BCUT2D eigenvalue weighted by molar-refractivity contribution is 5.54. The van der Waals surface area contributed by atoms with Crippen LogP contribution in [0.3, 0.4) is 0 Å². The summed E-state index contributed by atoms with van der Waals surface area (Å²) in [5.74, 6) is 1.52. The Morgan fingerprint density at radius 2 is 2.16 bits per heavy atom. The minimum absolute atomic E-state index is 0.385. The number of aromatic nitrogens is 3. The Kier molecular flexibility index (Phi) is 4.39. The Labute approximate surface area is 113 Å². The Hall–Kier alpha value is -2.04. The third-order valence-corrected chi connectivity index (χ3v) is 2.97. The van der Waals surface area contributed by atoms with Crippen molar-refractivity contribution in [2.45, 2.75) is 39.8 Å². The van der Waals surface area contributed by atoms with E-state index in [1.165, 1.54) is 5.56 Å². The molecule has 0 amide bonds. The summed E-state index contributed by atoms with van der Waals surface area (Å²) in [6.07, 6.45) is 3.54. The predicted molar refractivity (Wildman–Crippen MR) is 74.9 cm³/mol. The van der Waals surface area contributed by atoms with E-state index in [2.05, 4.69) is 23.9 Å². The third-order valence-electron chi connectivity index (χ3n) is 2.97. The molecule has 2 rings (SSSR count).